The minimum absolute atomic E-state index is 0.0140. The zero-order valence-corrected chi connectivity index (χ0v) is 10.0. The van der Waals surface area contributed by atoms with E-state index in [1.54, 1.807) is 0 Å². The Bertz CT molecular complexity index is 169. The van der Waals surface area contributed by atoms with E-state index in [4.69, 9.17) is 5.73 Å². The molecule has 0 aromatic carbocycles. The summed E-state index contributed by atoms with van der Waals surface area (Å²) < 4.78 is 0. The molecular formula is C12H26N2. The molecule has 84 valence electrons. The summed E-state index contributed by atoms with van der Waals surface area (Å²) in [6.07, 6.45) is 6.31. The molecule has 2 nitrogen and oxygen atoms in total. The third-order valence-electron chi connectivity index (χ3n) is 4.00. The molecule has 0 unspecified atom stereocenters. The molecule has 0 spiro atoms. The monoisotopic (exact) mass is 198 g/mol. The van der Waals surface area contributed by atoms with Crippen molar-refractivity contribution in [1.82, 2.24) is 5.32 Å². The van der Waals surface area contributed by atoms with E-state index in [9.17, 15) is 0 Å². The number of rotatable bonds is 6. The Morgan fingerprint density at radius 2 is 1.86 bits per heavy atom. The third-order valence-corrected chi connectivity index (χ3v) is 4.00. The molecule has 0 aliphatic heterocycles. The molecule has 2 heteroatoms. The molecule has 0 atom stereocenters. The van der Waals surface area contributed by atoms with Gasteiger partial charge in [-0.25, -0.2) is 0 Å². The van der Waals surface area contributed by atoms with Gasteiger partial charge in [0.25, 0.3) is 0 Å². The highest BCUT2D eigenvalue weighted by molar-refractivity contribution is 4.88. The molecule has 0 aromatic rings. The van der Waals surface area contributed by atoms with Crippen LogP contribution in [0.15, 0.2) is 0 Å². The van der Waals surface area contributed by atoms with Gasteiger partial charge in [0.05, 0.1) is 0 Å². The van der Waals surface area contributed by atoms with Crippen LogP contribution in [0.5, 0.6) is 0 Å². The van der Waals surface area contributed by atoms with Crippen molar-refractivity contribution in [2.45, 2.75) is 58.4 Å². The van der Waals surface area contributed by atoms with E-state index in [0.29, 0.717) is 5.41 Å². The normalized spacial score (nSPS) is 20.6. The Morgan fingerprint density at radius 1 is 1.29 bits per heavy atom. The van der Waals surface area contributed by atoms with Gasteiger partial charge in [0.2, 0.25) is 0 Å². The Balaban J connectivity index is 2.19. The summed E-state index contributed by atoms with van der Waals surface area (Å²) in [5.41, 5.74) is 6.81. The molecular weight excluding hydrogens is 172 g/mol. The lowest BCUT2D eigenvalue weighted by Crippen LogP contribution is -2.50. The standard InChI is InChI=1S/C12H26N2/c1-4-12(13,5-2)10-14-9-11(3)7-6-8-11/h14H,4-10,13H2,1-3H3. The smallest absolute Gasteiger partial charge is 0.0275 e. The maximum absolute atomic E-state index is 6.22. The molecule has 14 heavy (non-hydrogen) atoms. The Hall–Kier alpha value is -0.0800. The lowest BCUT2D eigenvalue weighted by atomic mass is 9.70. The quantitative estimate of drug-likeness (QED) is 0.687. The second-order valence-electron chi connectivity index (χ2n) is 5.34. The molecule has 0 amide bonds. The summed E-state index contributed by atoms with van der Waals surface area (Å²) in [6.45, 7) is 8.84. The molecule has 0 radical (unpaired) electrons. The zero-order valence-electron chi connectivity index (χ0n) is 10.0. The van der Waals surface area contributed by atoms with Gasteiger partial charge in [-0.2, -0.15) is 0 Å². The number of hydrogen-bond acceptors (Lipinski definition) is 2. The van der Waals surface area contributed by atoms with Crippen molar-refractivity contribution < 1.29 is 0 Å². The molecule has 0 bridgehead atoms. The van der Waals surface area contributed by atoms with E-state index >= 15 is 0 Å². The summed E-state index contributed by atoms with van der Waals surface area (Å²) in [6, 6.07) is 0. The van der Waals surface area contributed by atoms with Crippen LogP contribution in [0.25, 0.3) is 0 Å². The number of nitrogens with one attached hydrogen (secondary N) is 1. The zero-order chi connectivity index (χ0) is 10.7. The van der Waals surface area contributed by atoms with Crippen molar-refractivity contribution in [1.29, 1.82) is 0 Å². The van der Waals surface area contributed by atoms with E-state index in [1.165, 1.54) is 19.3 Å². The molecule has 1 saturated carbocycles. The van der Waals surface area contributed by atoms with Crippen LogP contribution in [0, 0.1) is 5.41 Å². The van der Waals surface area contributed by atoms with Crippen molar-refractivity contribution in [3.8, 4) is 0 Å². The highest BCUT2D eigenvalue weighted by atomic mass is 14.9. The predicted octanol–water partition coefficient (Wildman–Crippen LogP) is 2.28. The van der Waals surface area contributed by atoms with E-state index in [-0.39, 0.29) is 5.54 Å². The van der Waals surface area contributed by atoms with Crippen LogP contribution < -0.4 is 11.1 Å². The largest absolute Gasteiger partial charge is 0.324 e. The molecule has 3 N–H and O–H groups in total. The maximum Gasteiger partial charge on any atom is 0.0275 e. The molecule has 1 aliphatic carbocycles. The summed E-state index contributed by atoms with van der Waals surface area (Å²) in [4.78, 5) is 0. The maximum atomic E-state index is 6.22. The van der Waals surface area contributed by atoms with Gasteiger partial charge in [0.1, 0.15) is 0 Å². The third kappa shape index (κ3) is 2.96. The van der Waals surface area contributed by atoms with E-state index in [1.807, 2.05) is 0 Å². The molecule has 1 rings (SSSR count). The highest BCUT2D eigenvalue weighted by Crippen LogP contribution is 2.39. The summed E-state index contributed by atoms with van der Waals surface area (Å²) in [5.74, 6) is 0. The Morgan fingerprint density at radius 3 is 2.21 bits per heavy atom. The second kappa shape index (κ2) is 4.63. The van der Waals surface area contributed by atoms with Gasteiger partial charge in [-0.15, -0.1) is 0 Å². The summed E-state index contributed by atoms with van der Waals surface area (Å²) >= 11 is 0. The fourth-order valence-electron chi connectivity index (χ4n) is 2.07. The first-order valence-corrected chi connectivity index (χ1v) is 6.03. The van der Waals surface area contributed by atoms with Gasteiger partial charge in [-0.05, 0) is 31.1 Å². The topological polar surface area (TPSA) is 38.0 Å². The minimum Gasteiger partial charge on any atom is -0.324 e. The van der Waals surface area contributed by atoms with Gasteiger partial charge in [-0.1, -0.05) is 27.2 Å². The number of hydrogen-bond donors (Lipinski definition) is 2. The SMILES string of the molecule is CCC(N)(CC)CNCC1(C)CCC1. The van der Waals surface area contributed by atoms with Crippen LogP contribution in [0.4, 0.5) is 0 Å². The fourth-order valence-corrected chi connectivity index (χ4v) is 2.07. The average molecular weight is 198 g/mol. The van der Waals surface area contributed by atoms with Gasteiger partial charge < -0.3 is 11.1 Å². The Kier molecular flexibility index (Phi) is 3.96. The van der Waals surface area contributed by atoms with Gasteiger partial charge in [0, 0.05) is 18.6 Å². The van der Waals surface area contributed by atoms with Crippen molar-refractivity contribution in [3.63, 3.8) is 0 Å². The fraction of sp³-hybridized carbons (Fsp3) is 1.00. The lowest BCUT2D eigenvalue weighted by Gasteiger charge is -2.39. The van der Waals surface area contributed by atoms with Crippen LogP contribution in [-0.4, -0.2) is 18.6 Å². The molecule has 1 aliphatic rings. The second-order valence-corrected chi connectivity index (χ2v) is 5.34. The highest BCUT2D eigenvalue weighted by Gasteiger charge is 2.31. The molecule has 1 fully saturated rings. The first-order valence-electron chi connectivity index (χ1n) is 6.03. The van der Waals surface area contributed by atoms with Crippen LogP contribution in [0.3, 0.4) is 0 Å². The van der Waals surface area contributed by atoms with Crippen molar-refractivity contribution in [3.05, 3.63) is 0 Å². The van der Waals surface area contributed by atoms with Crippen LogP contribution >= 0.6 is 0 Å². The minimum atomic E-state index is 0.0140. The van der Waals surface area contributed by atoms with Gasteiger partial charge >= 0.3 is 0 Å². The van der Waals surface area contributed by atoms with E-state index in [2.05, 4.69) is 26.1 Å². The predicted molar refractivity (Wildman–Crippen MR) is 62.3 cm³/mol. The number of nitrogens with two attached hydrogens (primary N) is 1. The first kappa shape index (κ1) is 12.0. The van der Waals surface area contributed by atoms with E-state index in [0.717, 1.165) is 25.9 Å². The van der Waals surface area contributed by atoms with Gasteiger partial charge in [-0.3, -0.25) is 0 Å². The molecule has 0 saturated heterocycles. The molecule has 0 heterocycles. The van der Waals surface area contributed by atoms with Crippen LogP contribution in [-0.2, 0) is 0 Å². The molecule has 0 aromatic heterocycles. The van der Waals surface area contributed by atoms with Crippen molar-refractivity contribution in [2.75, 3.05) is 13.1 Å². The average Bonchev–Trinajstić information content (AvgIpc) is 2.15. The Labute approximate surface area is 88.6 Å². The van der Waals surface area contributed by atoms with Gasteiger partial charge in [0.15, 0.2) is 0 Å². The van der Waals surface area contributed by atoms with Crippen LogP contribution in [0.2, 0.25) is 0 Å². The van der Waals surface area contributed by atoms with Crippen molar-refractivity contribution >= 4 is 0 Å². The summed E-state index contributed by atoms with van der Waals surface area (Å²) in [5, 5.41) is 3.55. The summed E-state index contributed by atoms with van der Waals surface area (Å²) in [7, 11) is 0. The lowest BCUT2D eigenvalue weighted by molar-refractivity contribution is 0.152. The van der Waals surface area contributed by atoms with E-state index < -0.39 is 0 Å². The first-order chi connectivity index (χ1) is 6.54. The van der Waals surface area contributed by atoms with Crippen LogP contribution in [0.1, 0.15) is 52.9 Å². The van der Waals surface area contributed by atoms with Crippen molar-refractivity contribution in [2.24, 2.45) is 11.1 Å².